The standard InChI is InChI=1S/C13H18N4O3/c18-11-8(6-14-17-11)5-9-12(19)16-10(13(20)15-9)7-3-1-2-4-7/h6-7,9-10H,1-5H2,(H,15,20)(H,16,19)(H2,14,17,18)/t9-,10?/m1/s1. The topological polar surface area (TPSA) is 107 Å². The van der Waals surface area contributed by atoms with Gasteiger partial charge in [0.2, 0.25) is 11.8 Å². The molecule has 2 atom stereocenters. The number of piperazine rings is 1. The van der Waals surface area contributed by atoms with E-state index in [2.05, 4.69) is 20.8 Å². The SMILES string of the molecule is O=C1N[C@H](Cc2c[nH][nH]c2=O)C(=O)NC1C1CCCC1. The summed E-state index contributed by atoms with van der Waals surface area (Å²) < 4.78 is 0. The Bertz CT molecular complexity index is 570. The van der Waals surface area contributed by atoms with E-state index >= 15 is 0 Å². The first-order valence-corrected chi connectivity index (χ1v) is 7.01. The first-order chi connectivity index (χ1) is 9.65. The van der Waals surface area contributed by atoms with Crippen LogP contribution in [0, 0.1) is 5.92 Å². The molecule has 0 spiro atoms. The Kier molecular flexibility index (Phi) is 3.33. The lowest BCUT2D eigenvalue weighted by Crippen LogP contribution is -2.64. The second-order valence-electron chi connectivity index (χ2n) is 5.56. The van der Waals surface area contributed by atoms with Gasteiger partial charge in [-0.2, -0.15) is 0 Å². The number of hydrogen-bond acceptors (Lipinski definition) is 3. The number of H-pyrrole nitrogens is 2. The summed E-state index contributed by atoms with van der Waals surface area (Å²) in [7, 11) is 0. The average Bonchev–Trinajstić information content (AvgIpc) is 3.06. The van der Waals surface area contributed by atoms with Crippen LogP contribution in [0.1, 0.15) is 31.2 Å². The largest absolute Gasteiger partial charge is 0.342 e. The molecule has 7 heteroatoms. The van der Waals surface area contributed by atoms with Gasteiger partial charge < -0.3 is 15.7 Å². The number of carbonyl (C=O) groups excluding carboxylic acids is 2. The molecule has 1 unspecified atom stereocenters. The van der Waals surface area contributed by atoms with E-state index in [1.807, 2.05) is 0 Å². The van der Waals surface area contributed by atoms with Crippen molar-refractivity contribution in [2.24, 2.45) is 5.92 Å². The van der Waals surface area contributed by atoms with Crippen molar-refractivity contribution in [3.05, 3.63) is 22.1 Å². The van der Waals surface area contributed by atoms with Crippen LogP contribution in [0.15, 0.2) is 11.0 Å². The monoisotopic (exact) mass is 278 g/mol. The van der Waals surface area contributed by atoms with Crippen LogP contribution in [-0.2, 0) is 16.0 Å². The van der Waals surface area contributed by atoms with Crippen molar-refractivity contribution in [3.63, 3.8) is 0 Å². The van der Waals surface area contributed by atoms with E-state index in [9.17, 15) is 14.4 Å². The summed E-state index contributed by atoms with van der Waals surface area (Å²) in [6.07, 6.45) is 5.93. The molecule has 4 N–H and O–H groups in total. The second kappa shape index (κ2) is 5.15. The van der Waals surface area contributed by atoms with Crippen LogP contribution in [0.3, 0.4) is 0 Å². The van der Waals surface area contributed by atoms with Crippen LogP contribution in [0.25, 0.3) is 0 Å². The lowest BCUT2D eigenvalue weighted by molar-refractivity contribution is -0.138. The van der Waals surface area contributed by atoms with Crippen LogP contribution in [0.2, 0.25) is 0 Å². The zero-order chi connectivity index (χ0) is 14.1. The summed E-state index contributed by atoms with van der Waals surface area (Å²) in [5, 5.41) is 10.6. The molecule has 2 amide bonds. The van der Waals surface area contributed by atoms with Gasteiger partial charge in [-0.1, -0.05) is 12.8 Å². The molecule has 108 valence electrons. The Labute approximate surface area is 115 Å². The summed E-state index contributed by atoms with van der Waals surface area (Å²) in [5.41, 5.74) is 0.203. The Hall–Kier alpha value is -2.05. The van der Waals surface area contributed by atoms with Crippen LogP contribution < -0.4 is 16.2 Å². The Morgan fingerprint density at radius 2 is 1.80 bits per heavy atom. The quantitative estimate of drug-likeness (QED) is 0.594. The molecule has 0 aromatic carbocycles. The Morgan fingerprint density at radius 1 is 1.05 bits per heavy atom. The second-order valence-corrected chi connectivity index (χ2v) is 5.56. The Balaban J connectivity index is 1.68. The fraction of sp³-hybridized carbons (Fsp3) is 0.615. The van der Waals surface area contributed by atoms with Crippen molar-refractivity contribution >= 4 is 11.8 Å². The van der Waals surface area contributed by atoms with E-state index in [-0.39, 0.29) is 29.7 Å². The fourth-order valence-electron chi connectivity index (χ4n) is 3.12. The van der Waals surface area contributed by atoms with Gasteiger partial charge in [0.25, 0.3) is 5.56 Å². The molecular formula is C13H18N4O3. The van der Waals surface area contributed by atoms with Crippen LogP contribution in [0.4, 0.5) is 0 Å². The lowest BCUT2D eigenvalue weighted by atomic mass is 9.93. The molecule has 0 bridgehead atoms. The first-order valence-electron chi connectivity index (χ1n) is 7.01. The molecule has 1 saturated carbocycles. The molecule has 20 heavy (non-hydrogen) atoms. The van der Waals surface area contributed by atoms with E-state index < -0.39 is 12.1 Å². The third kappa shape index (κ3) is 2.35. The summed E-state index contributed by atoms with van der Waals surface area (Å²) in [6, 6.07) is -1.08. The molecule has 1 aromatic rings. The van der Waals surface area contributed by atoms with Crippen LogP contribution in [-0.4, -0.2) is 34.1 Å². The number of aromatic nitrogens is 2. The van der Waals surface area contributed by atoms with E-state index in [1.165, 1.54) is 6.20 Å². The van der Waals surface area contributed by atoms with Crippen molar-refractivity contribution in [2.75, 3.05) is 0 Å². The van der Waals surface area contributed by atoms with Crippen molar-refractivity contribution in [3.8, 4) is 0 Å². The van der Waals surface area contributed by atoms with Gasteiger partial charge in [-0.05, 0) is 18.8 Å². The molecule has 1 aliphatic heterocycles. The predicted octanol–water partition coefficient (Wildman–Crippen LogP) is -0.581. The maximum absolute atomic E-state index is 12.1. The number of carbonyl (C=O) groups is 2. The van der Waals surface area contributed by atoms with Crippen LogP contribution >= 0.6 is 0 Å². The zero-order valence-corrected chi connectivity index (χ0v) is 11.1. The number of rotatable bonds is 3. The van der Waals surface area contributed by atoms with Gasteiger partial charge in [-0.15, -0.1) is 0 Å². The van der Waals surface area contributed by atoms with Gasteiger partial charge in [0, 0.05) is 18.2 Å². The molecular weight excluding hydrogens is 260 g/mol. The molecule has 1 aromatic heterocycles. The molecule has 1 saturated heterocycles. The summed E-state index contributed by atoms with van der Waals surface area (Å²) in [4.78, 5) is 35.7. The molecule has 3 rings (SSSR count). The highest BCUT2D eigenvalue weighted by Crippen LogP contribution is 2.28. The van der Waals surface area contributed by atoms with Gasteiger partial charge in [0.05, 0.1) is 0 Å². The van der Waals surface area contributed by atoms with Gasteiger partial charge >= 0.3 is 0 Å². The van der Waals surface area contributed by atoms with Crippen molar-refractivity contribution in [2.45, 2.75) is 44.2 Å². The van der Waals surface area contributed by atoms with Crippen molar-refractivity contribution in [1.82, 2.24) is 20.8 Å². The molecule has 2 heterocycles. The predicted molar refractivity (Wildman–Crippen MR) is 70.9 cm³/mol. The molecule has 2 fully saturated rings. The van der Waals surface area contributed by atoms with Crippen molar-refractivity contribution in [1.29, 1.82) is 0 Å². The van der Waals surface area contributed by atoms with Gasteiger partial charge in [-0.25, -0.2) is 0 Å². The Morgan fingerprint density at radius 3 is 2.45 bits per heavy atom. The van der Waals surface area contributed by atoms with E-state index in [0.717, 1.165) is 25.7 Å². The first kappa shape index (κ1) is 13.0. The summed E-state index contributed by atoms with van der Waals surface area (Å²) in [6.45, 7) is 0. The summed E-state index contributed by atoms with van der Waals surface area (Å²) in [5.74, 6) is -0.0916. The maximum Gasteiger partial charge on any atom is 0.267 e. The maximum atomic E-state index is 12.1. The van der Waals surface area contributed by atoms with Gasteiger partial charge in [-0.3, -0.25) is 19.5 Å². The highest BCUT2D eigenvalue weighted by atomic mass is 16.2. The number of aromatic amines is 2. The smallest absolute Gasteiger partial charge is 0.267 e. The minimum absolute atomic E-state index is 0.131. The lowest BCUT2D eigenvalue weighted by Gasteiger charge is -2.32. The number of amides is 2. The highest BCUT2D eigenvalue weighted by Gasteiger charge is 2.39. The molecule has 7 nitrogen and oxygen atoms in total. The van der Waals surface area contributed by atoms with E-state index in [0.29, 0.717) is 5.56 Å². The van der Waals surface area contributed by atoms with Crippen molar-refractivity contribution < 1.29 is 9.59 Å². The third-order valence-corrected chi connectivity index (χ3v) is 4.23. The van der Waals surface area contributed by atoms with Gasteiger partial charge in [0.15, 0.2) is 0 Å². The average molecular weight is 278 g/mol. The fourth-order valence-corrected chi connectivity index (χ4v) is 3.12. The highest BCUT2D eigenvalue weighted by molar-refractivity contribution is 5.97. The van der Waals surface area contributed by atoms with Gasteiger partial charge in [0.1, 0.15) is 12.1 Å². The summed E-state index contributed by atoms with van der Waals surface area (Å²) >= 11 is 0. The number of nitrogens with one attached hydrogen (secondary N) is 4. The normalized spacial score (nSPS) is 27.4. The number of hydrogen-bond donors (Lipinski definition) is 4. The molecule has 1 aliphatic carbocycles. The van der Waals surface area contributed by atoms with Crippen LogP contribution in [0.5, 0.6) is 0 Å². The minimum Gasteiger partial charge on any atom is -0.342 e. The minimum atomic E-state index is -0.669. The van der Waals surface area contributed by atoms with E-state index in [1.54, 1.807) is 0 Å². The van der Waals surface area contributed by atoms with E-state index in [4.69, 9.17) is 0 Å². The molecule has 2 aliphatic rings. The molecule has 0 radical (unpaired) electrons. The zero-order valence-electron chi connectivity index (χ0n) is 11.1. The third-order valence-electron chi connectivity index (χ3n) is 4.23.